The van der Waals surface area contributed by atoms with Crippen molar-refractivity contribution in [2.24, 2.45) is 0 Å². The molecule has 4 amide bonds. The van der Waals surface area contributed by atoms with Gasteiger partial charge in [-0.1, -0.05) is 0 Å². The highest BCUT2D eigenvalue weighted by Crippen LogP contribution is 2.48. The third-order valence-corrected chi connectivity index (χ3v) is 6.59. The molecule has 0 spiro atoms. The summed E-state index contributed by atoms with van der Waals surface area (Å²) in [5.41, 5.74) is -4.22. The van der Waals surface area contributed by atoms with E-state index in [4.69, 9.17) is 28.4 Å². The maximum absolute atomic E-state index is 14.4. The van der Waals surface area contributed by atoms with Crippen LogP contribution in [-0.2, 0) is 28.5 Å². The lowest BCUT2D eigenvalue weighted by atomic mass is 10.0. The fraction of sp³-hybridized carbons (Fsp3) is 0.421. The van der Waals surface area contributed by atoms with E-state index >= 15 is 0 Å². The average molecular weight is 721 g/mol. The van der Waals surface area contributed by atoms with Gasteiger partial charge in [-0.2, -0.15) is 0 Å². The predicted molar refractivity (Wildman–Crippen MR) is 187 cm³/mol. The van der Waals surface area contributed by atoms with Gasteiger partial charge in [-0.05, 0) is 143 Å². The van der Waals surface area contributed by atoms with Crippen LogP contribution in [0.5, 0.6) is 11.5 Å². The Balaban J connectivity index is 1.89. The number of ether oxygens (including phenoxy) is 6. The summed E-state index contributed by atoms with van der Waals surface area (Å²) in [5.74, 6) is -1.74. The average Bonchev–Trinajstić information content (AvgIpc) is 3.41. The summed E-state index contributed by atoms with van der Waals surface area (Å²) < 4.78 is 32.1. The van der Waals surface area contributed by atoms with E-state index in [0.29, 0.717) is 0 Å². The summed E-state index contributed by atoms with van der Waals surface area (Å²) >= 11 is 0. The van der Waals surface area contributed by atoms with Crippen molar-refractivity contribution in [1.29, 1.82) is 0 Å². The number of imide groups is 2. The first-order valence-electron chi connectivity index (χ1n) is 16.4. The molecule has 2 aromatic rings. The van der Waals surface area contributed by atoms with Gasteiger partial charge >= 0.3 is 24.5 Å². The van der Waals surface area contributed by atoms with Crippen LogP contribution in [0.25, 0.3) is 11.4 Å². The van der Waals surface area contributed by atoms with Crippen LogP contribution in [0.4, 0.5) is 19.2 Å². The Morgan fingerprint density at radius 3 is 0.962 bits per heavy atom. The van der Waals surface area contributed by atoms with Crippen molar-refractivity contribution in [3.05, 3.63) is 70.8 Å². The van der Waals surface area contributed by atoms with Crippen LogP contribution < -0.4 is 9.47 Å². The first kappa shape index (κ1) is 39.1. The third-order valence-electron chi connectivity index (χ3n) is 6.59. The first-order valence-corrected chi connectivity index (χ1v) is 16.4. The maximum atomic E-state index is 14.4. The van der Waals surface area contributed by atoms with Gasteiger partial charge < -0.3 is 28.4 Å². The van der Waals surface area contributed by atoms with Gasteiger partial charge in [-0.3, -0.25) is 9.59 Å². The molecule has 2 aromatic carbocycles. The highest BCUT2D eigenvalue weighted by molar-refractivity contribution is 6.35. The Hall–Kier alpha value is -5.66. The number of amides is 4. The minimum Gasteiger partial charge on any atom is -0.443 e. The molecule has 0 fully saturated rings. The van der Waals surface area contributed by atoms with Crippen molar-refractivity contribution in [3.63, 3.8) is 0 Å². The molecule has 4 rings (SSSR count). The molecule has 0 aliphatic carbocycles. The summed E-state index contributed by atoms with van der Waals surface area (Å²) in [6.07, 6.45) is -4.06. The van der Waals surface area contributed by atoms with Gasteiger partial charge in [0, 0.05) is 0 Å². The van der Waals surface area contributed by atoms with Crippen molar-refractivity contribution in [2.45, 2.75) is 105 Å². The molecule has 0 N–H and O–H groups in total. The van der Waals surface area contributed by atoms with Gasteiger partial charge in [0.2, 0.25) is 0 Å². The Morgan fingerprint density at radius 1 is 0.442 bits per heavy atom. The number of carbonyl (C=O) groups is 6. The van der Waals surface area contributed by atoms with Crippen LogP contribution >= 0.6 is 0 Å². The van der Waals surface area contributed by atoms with Crippen LogP contribution in [0.2, 0.25) is 0 Å². The fourth-order valence-electron chi connectivity index (χ4n) is 4.91. The van der Waals surface area contributed by atoms with Gasteiger partial charge in [-0.15, -0.1) is 0 Å². The van der Waals surface area contributed by atoms with Crippen LogP contribution in [0.3, 0.4) is 0 Å². The number of hydrogen-bond donors (Lipinski definition) is 0. The maximum Gasteiger partial charge on any atom is 0.514 e. The zero-order valence-electron chi connectivity index (χ0n) is 31.4. The second kappa shape index (κ2) is 13.8. The quantitative estimate of drug-likeness (QED) is 0.170. The lowest BCUT2D eigenvalue weighted by molar-refractivity contribution is -0.123. The van der Waals surface area contributed by atoms with E-state index in [1.807, 2.05) is 0 Å². The van der Waals surface area contributed by atoms with Gasteiger partial charge in [0.05, 0.1) is 22.5 Å². The van der Waals surface area contributed by atoms with Gasteiger partial charge in [0.1, 0.15) is 33.9 Å². The summed E-state index contributed by atoms with van der Waals surface area (Å²) in [6.45, 7) is 19.8. The number of hydrogen-bond acceptors (Lipinski definition) is 12. The van der Waals surface area contributed by atoms with E-state index in [9.17, 15) is 28.8 Å². The Labute approximate surface area is 302 Å². The molecular formula is C38H44N2O12. The van der Waals surface area contributed by atoms with Crippen LogP contribution in [0.15, 0.2) is 59.7 Å². The minimum absolute atomic E-state index is 0.0787. The van der Waals surface area contributed by atoms with Gasteiger partial charge in [0.25, 0.3) is 11.8 Å². The Bertz CT molecular complexity index is 1720. The first-order chi connectivity index (χ1) is 23.7. The number of carbonyl (C=O) groups excluding carboxylic acids is 6. The van der Waals surface area contributed by atoms with Gasteiger partial charge in [-0.25, -0.2) is 29.0 Å². The van der Waals surface area contributed by atoms with Crippen molar-refractivity contribution >= 4 is 47.7 Å². The molecule has 0 radical (unpaired) electrons. The number of benzene rings is 2. The lowest BCUT2D eigenvalue weighted by Gasteiger charge is -2.27. The van der Waals surface area contributed by atoms with Crippen molar-refractivity contribution in [1.82, 2.24) is 9.80 Å². The molecule has 14 heteroatoms. The second-order valence-electron chi connectivity index (χ2n) is 15.9. The molecular weight excluding hydrogens is 676 g/mol. The molecule has 278 valence electrons. The molecule has 52 heavy (non-hydrogen) atoms. The summed E-state index contributed by atoms with van der Waals surface area (Å²) in [5, 5.41) is 0. The Morgan fingerprint density at radius 2 is 0.712 bits per heavy atom. The number of fused-ring (bicyclic) bond motifs is 1. The molecule has 0 saturated heterocycles. The normalized spacial score (nSPS) is 15.1. The van der Waals surface area contributed by atoms with E-state index < -0.39 is 58.7 Å². The Kier molecular flexibility index (Phi) is 10.4. The fourth-order valence-corrected chi connectivity index (χ4v) is 4.91. The SMILES string of the molecule is CC(C)(C)OC(=O)Oc1ccc(C2=C3C(=O)N(C(=O)OC(C)(C)C)C(c4ccc(OC(=O)OC(C)(C)C)cc4)=C3C(=O)N2C(=O)OC(C)(C)C)cc1. The predicted octanol–water partition coefficient (Wildman–Crippen LogP) is 7.99. The molecule has 0 unspecified atom stereocenters. The van der Waals surface area contributed by atoms with Crippen molar-refractivity contribution < 1.29 is 57.2 Å². The molecule has 2 aliphatic heterocycles. The summed E-state index contributed by atoms with van der Waals surface area (Å²) in [6, 6.07) is 11.3. The van der Waals surface area contributed by atoms with E-state index in [-0.39, 0.29) is 45.2 Å². The minimum atomic E-state index is -1.08. The number of rotatable bonds is 4. The molecule has 0 aromatic heterocycles. The van der Waals surface area contributed by atoms with E-state index in [0.717, 1.165) is 9.80 Å². The third kappa shape index (κ3) is 9.36. The number of nitrogens with zero attached hydrogens (tertiary/aromatic N) is 2. The molecule has 0 bridgehead atoms. The molecule has 0 saturated carbocycles. The van der Waals surface area contributed by atoms with Crippen LogP contribution in [0, 0.1) is 0 Å². The molecule has 14 nitrogen and oxygen atoms in total. The van der Waals surface area contributed by atoms with Gasteiger partial charge in [0.15, 0.2) is 0 Å². The highest BCUT2D eigenvalue weighted by Gasteiger charge is 2.54. The van der Waals surface area contributed by atoms with E-state index in [2.05, 4.69) is 0 Å². The lowest BCUT2D eigenvalue weighted by Crippen LogP contribution is -2.40. The zero-order valence-corrected chi connectivity index (χ0v) is 31.4. The zero-order chi connectivity index (χ0) is 39.1. The van der Waals surface area contributed by atoms with Crippen molar-refractivity contribution in [2.75, 3.05) is 0 Å². The van der Waals surface area contributed by atoms with Crippen molar-refractivity contribution in [3.8, 4) is 11.5 Å². The standard InChI is InChI=1S/C38H44N2O12/c1-35(2,3)49-31(43)39-27(21-13-17-23(18-14-21)47-33(45)51-37(7,8)9)25-26(29(39)41)28(40(30(25)42)32(44)50-36(4,5)6)22-15-19-24(20-16-22)48-34(46)52-38(10,11)12/h13-20H,1-12H3. The summed E-state index contributed by atoms with van der Waals surface area (Å²) in [7, 11) is 0. The molecule has 2 aliphatic rings. The van der Waals surface area contributed by atoms with E-state index in [1.54, 1.807) is 83.1 Å². The van der Waals surface area contributed by atoms with Crippen LogP contribution in [-0.4, -0.2) is 68.5 Å². The van der Waals surface area contributed by atoms with Crippen LogP contribution in [0.1, 0.15) is 94.2 Å². The largest absolute Gasteiger partial charge is 0.514 e. The molecule has 2 heterocycles. The highest BCUT2D eigenvalue weighted by atomic mass is 16.7. The smallest absolute Gasteiger partial charge is 0.443 e. The second-order valence-corrected chi connectivity index (χ2v) is 15.9. The topological polar surface area (TPSA) is 164 Å². The van der Waals surface area contributed by atoms with E-state index in [1.165, 1.54) is 48.5 Å². The monoisotopic (exact) mass is 720 g/mol. The molecule has 0 atom stereocenters. The summed E-state index contributed by atoms with van der Waals surface area (Å²) in [4.78, 5) is 82.2.